The van der Waals surface area contributed by atoms with Crippen molar-refractivity contribution in [3.05, 3.63) is 71.5 Å². The highest BCUT2D eigenvalue weighted by Gasteiger charge is 2.25. The lowest BCUT2D eigenvalue weighted by Crippen LogP contribution is -2.35. The number of furan rings is 1. The average Bonchev–Trinajstić information content (AvgIpc) is 3.22. The minimum absolute atomic E-state index is 0.0154. The maximum Gasteiger partial charge on any atom is 0.254 e. The van der Waals surface area contributed by atoms with Gasteiger partial charge >= 0.3 is 0 Å². The van der Waals surface area contributed by atoms with E-state index in [1.165, 1.54) is 0 Å². The normalized spacial score (nSPS) is 12.9. The van der Waals surface area contributed by atoms with Crippen LogP contribution in [0.5, 0.6) is 5.75 Å². The lowest BCUT2D eigenvalue weighted by Gasteiger charge is -2.26. The molecular weight excluding hydrogens is 380 g/mol. The van der Waals surface area contributed by atoms with Gasteiger partial charge in [-0.3, -0.25) is 9.59 Å². The van der Waals surface area contributed by atoms with Gasteiger partial charge in [-0.1, -0.05) is 13.0 Å². The summed E-state index contributed by atoms with van der Waals surface area (Å²) in [6.45, 7) is 2.94. The van der Waals surface area contributed by atoms with Crippen LogP contribution in [-0.4, -0.2) is 30.4 Å². The molecule has 2 amide bonds. The van der Waals surface area contributed by atoms with Crippen LogP contribution >= 0.6 is 0 Å². The number of anilines is 1. The molecule has 0 aliphatic carbocycles. The summed E-state index contributed by atoms with van der Waals surface area (Å²) in [5.74, 6) is 2.32. The Balaban J connectivity index is 1.49. The topological polar surface area (TPSA) is 71.8 Å². The van der Waals surface area contributed by atoms with Crippen molar-refractivity contribution in [2.24, 2.45) is 0 Å². The van der Waals surface area contributed by atoms with Crippen LogP contribution in [0.15, 0.2) is 59.0 Å². The Bertz CT molecular complexity index is 1070. The first kappa shape index (κ1) is 19.8. The number of hydrogen-bond donors (Lipinski definition) is 1. The Hall–Kier alpha value is -3.54. The number of fused-ring (bicyclic) bond motifs is 1. The predicted octanol–water partition coefficient (Wildman–Crippen LogP) is 4.50. The Morgan fingerprint density at radius 3 is 2.67 bits per heavy atom. The summed E-state index contributed by atoms with van der Waals surface area (Å²) in [6, 6.07) is 16.8. The molecular formula is C24H24N2O4. The molecule has 6 nitrogen and oxygen atoms in total. The Morgan fingerprint density at radius 2 is 1.93 bits per heavy atom. The molecule has 1 aromatic heterocycles. The number of nitrogens with one attached hydrogen (secondary N) is 1. The van der Waals surface area contributed by atoms with Gasteiger partial charge in [0.2, 0.25) is 5.91 Å². The first-order valence-electron chi connectivity index (χ1n) is 10.0. The molecule has 6 heteroatoms. The van der Waals surface area contributed by atoms with Gasteiger partial charge in [-0.15, -0.1) is 0 Å². The number of methoxy groups -OCH3 is 1. The first-order valence-corrected chi connectivity index (χ1v) is 10.0. The minimum Gasteiger partial charge on any atom is -0.497 e. The average molecular weight is 404 g/mol. The van der Waals surface area contributed by atoms with E-state index in [1.54, 1.807) is 19.2 Å². The minimum atomic E-state index is -0.0167. The third kappa shape index (κ3) is 4.08. The Morgan fingerprint density at radius 1 is 1.13 bits per heavy atom. The SMILES string of the molecule is CCC(=O)Nc1ccc(-c2cc3c(o2)CCN(C(=O)c2cccc(OC)c2)C3)cc1. The Kier molecular flexibility index (Phi) is 5.57. The van der Waals surface area contributed by atoms with Crippen molar-refractivity contribution in [2.75, 3.05) is 19.0 Å². The quantitative estimate of drug-likeness (QED) is 0.680. The Labute approximate surface area is 175 Å². The second-order valence-corrected chi connectivity index (χ2v) is 7.25. The number of carbonyl (C=O) groups is 2. The number of amides is 2. The van der Waals surface area contributed by atoms with Crippen molar-refractivity contribution in [3.63, 3.8) is 0 Å². The number of carbonyl (C=O) groups excluding carboxylic acids is 2. The third-order valence-corrected chi connectivity index (χ3v) is 5.24. The molecule has 154 valence electrons. The molecule has 0 atom stereocenters. The molecule has 0 saturated carbocycles. The zero-order valence-corrected chi connectivity index (χ0v) is 17.1. The monoisotopic (exact) mass is 404 g/mol. The number of rotatable bonds is 5. The maximum atomic E-state index is 12.9. The summed E-state index contributed by atoms with van der Waals surface area (Å²) < 4.78 is 11.3. The molecule has 30 heavy (non-hydrogen) atoms. The summed E-state index contributed by atoms with van der Waals surface area (Å²) >= 11 is 0. The van der Waals surface area contributed by atoms with Gasteiger partial charge in [0.1, 0.15) is 17.3 Å². The molecule has 0 saturated heterocycles. The zero-order chi connectivity index (χ0) is 21.1. The molecule has 0 bridgehead atoms. The zero-order valence-electron chi connectivity index (χ0n) is 17.1. The molecule has 3 aromatic rings. The highest BCUT2D eigenvalue weighted by atomic mass is 16.5. The van der Waals surface area contributed by atoms with Crippen LogP contribution in [0.25, 0.3) is 11.3 Å². The lowest BCUT2D eigenvalue weighted by molar-refractivity contribution is -0.115. The van der Waals surface area contributed by atoms with Gasteiger partial charge in [-0.25, -0.2) is 0 Å². The first-order chi connectivity index (χ1) is 14.6. The smallest absolute Gasteiger partial charge is 0.254 e. The van der Waals surface area contributed by atoms with Crippen molar-refractivity contribution in [3.8, 4) is 17.1 Å². The molecule has 4 rings (SSSR count). The molecule has 0 unspecified atom stereocenters. The lowest BCUT2D eigenvalue weighted by atomic mass is 10.1. The summed E-state index contributed by atoms with van der Waals surface area (Å²) in [5.41, 5.74) is 3.34. The molecule has 2 heterocycles. The number of ether oxygens (including phenoxy) is 1. The maximum absolute atomic E-state index is 12.9. The predicted molar refractivity (Wildman–Crippen MR) is 115 cm³/mol. The van der Waals surface area contributed by atoms with Crippen molar-refractivity contribution in [1.29, 1.82) is 0 Å². The van der Waals surface area contributed by atoms with Crippen molar-refractivity contribution in [1.82, 2.24) is 4.90 Å². The second-order valence-electron chi connectivity index (χ2n) is 7.25. The third-order valence-electron chi connectivity index (χ3n) is 5.24. The van der Waals surface area contributed by atoms with Gasteiger partial charge in [-0.05, 0) is 48.5 Å². The van der Waals surface area contributed by atoms with E-state index in [9.17, 15) is 9.59 Å². The van der Waals surface area contributed by atoms with Crippen LogP contribution < -0.4 is 10.1 Å². The van der Waals surface area contributed by atoms with Crippen molar-refractivity contribution in [2.45, 2.75) is 26.3 Å². The van der Waals surface area contributed by atoms with Gasteiger partial charge in [0.15, 0.2) is 0 Å². The van der Waals surface area contributed by atoms with Crippen LogP contribution in [0.2, 0.25) is 0 Å². The molecule has 1 N–H and O–H groups in total. The van der Waals surface area contributed by atoms with E-state index < -0.39 is 0 Å². The van der Waals surface area contributed by atoms with E-state index in [4.69, 9.17) is 9.15 Å². The van der Waals surface area contributed by atoms with E-state index in [0.717, 1.165) is 28.3 Å². The van der Waals surface area contributed by atoms with Crippen LogP contribution in [0.1, 0.15) is 35.0 Å². The summed E-state index contributed by atoms with van der Waals surface area (Å²) in [5, 5.41) is 2.84. The molecule has 0 radical (unpaired) electrons. The fraction of sp³-hybridized carbons (Fsp3) is 0.250. The van der Waals surface area contributed by atoms with Crippen LogP contribution in [0.3, 0.4) is 0 Å². The van der Waals surface area contributed by atoms with E-state index in [1.807, 2.05) is 54.3 Å². The molecule has 1 aliphatic rings. The molecule has 0 fully saturated rings. The van der Waals surface area contributed by atoms with E-state index >= 15 is 0 Å². The van der Waals surface area contributed by atoms with Crippen molar-refractivity contribution < 1.29 is 18.7 Å². The number of nitrogens with zero attached hydrogens (tertiary/aromatic N) is 1. The summed E-state index contributed by atoms with van der Waals surface area (Å²) in [4.78, 5) is 26.3. The van der Waals surface area contributed by atoms with E-state index in [2.05, 4.69) is 5.32 Å². The van der Waals surface area contributed by atoms with Crippen LogP contribution in [0, 0.1) is 0 Å². The van der Waals surface area contributed by atoms with Crippen molar-refractivity contribution >= 4 is 17.5 Å². The van der Waals surface area contributed by atoms with Gasteiger partial charge in [0.05, 0.1) is 7.11 Å². The van der Waals surface area contributed by atoms with E-state index in [0.29, 0.717) is 37.2 Å². The highest BCUT2D eigenvalue weighted by molar-refractivity contribution is 5.94. The largest absolute Gasteiger partial charge is 0.497 e. The fourth-order valence-electron chi connectivity index (χ4n) is 3.55. The standard InChI is InChI=1S/C24H24N2O4/c1-3-23(27)25-19-9-7-16(8-10-19)22-14-18-15-26(12-11-21(18)30-22)24(28)17-5-4-6-20(13-17)29-2/h4-10,13-14H,3,11-12,15H2,1-2H3,(H,25,27). The van der Waals surface area contributed by atoms with Gasteiger partial charge in [0.25, 0.3) is 5.91 Å². The highest BCUT2D eigenvalue weighted by Crippen LogP contribution is 2.31. The molecule has 1 aliphatic heterocycles. The van der Waals surface area contributed by atoms with E-state index in [-0.39, 0.29) is 11.8 Å². The fourth-order valence-corrected chi connectivity index (χ4v) is 3.55. The molecule has 0 spiro atoms. The van der Waals surface area contributed by atoms with Gasteiger partial charge in [0, 0.05) is 48.3 Å². The van der Waals surface area contributed by atoms with Gasteiger partial charge in [-0.2, -0.15) is 0 Å². The number of benzene rings is 2. The second kappa shape index (κ2) is 8.45. The number of hydrogen-bond acceptors (Lipinski definition) is 4. The molecule has 2 aromatic carbocycles. The summed E-state index contributed by atoms with van der Waals surface area (Å²) in [7, 11) is 1.59. The van der Waals surface area contributed by atoms with Gasteiger partial charge < -0.3 is 19.4 Å². The van der Waals surface area contributed by atoms with Crippen LogP contribution in [0.4, 0.5) is 5.69 Å². The summed E-state index contributed by atoms with van der Waals surface area (Å²) in [6.07, 6.45) is 1.12. The van der Waals surface area contributed by atoms with Crippen LogP contribution in [-0.2, 0) is 17.8 Å².